The van der Waals surface area contributed by atoms with Gasteiger partial charge in [0.2, 0.25) is 0 Å². The van der Waals surface area contributed by atoms with E-state index in [0.29, 0.717) is 25.0 Å². The summed E-state index contributed by atoms with van der Waals surface area (Å²) >= 11 is 0. The Bertz CT molecular complexity index is 802. The molecule has 0 aromatic heterocycles. The van der Waals surface area contributed by atoms with E-state index in [1.165, 1.54) is 12.1 Å². The number of halogens is 3. The Kier molecular flexibility index (Phi) is 8.06. The van der Waals surface area contributed by atoms with Gasteiger partial charge in [0.25, 0.3) is 5.91 Å². The van der Waals surface area contributed by atoms with Crippen LogP contribution in [0.5, 0.6) is 5.75 Å². The van der Waals surface area contributed by atoms with Crippen molar-refractivity contribution in [1.29, 1.82) is 0 Å². The lowest BCUT2D eigenvalue weighted by Crippen LogP contribution is -2.26. The maximum atomic E-state index is 12.2. The third-order valence-corrected chi connectivity index (χ3v) is 4.00. The summed E-state index contributed by atoms with van der Waals surface area (Å²) in [6.45, 7) is 2.22. The molecular weight excluding hydrogens is 387 g/mol. The Hall–Kier alpha value is -3.03. The van der Waals surface area contributed by atoms with Crippen LogP contribution in [-0.2, 0) is 22.4 Å². The second kappa shape index (κ2) is 10.5. The molecule has 0 saturated carbocycles. The van der Waals surface area contributed by atoms with E-state index in [9.17, 15) is 22.8 Å². The van der Waals surface area contributed by atoms with Gasteiger partial charge >= 0.3 is 12.3 Å². The van der Waals surface area contributed by atoms with Crippen molar-refractivity contribution in [2.75, 3.05) is 13.2 Å². The molecule has 2 aromatic rings. The number of esters is 1. The molecule has 5 nitrogen and oxygen atoms in total. The molecule has 0 unspecified atom stereocenters. The maximum absolute atomic E-state index is 12.2. The van der Waals surface area contributed by atoms with Crippen LogP contribution in [-0.4, -0.2) is 31.4 Å². The van der Waals surface area contributed by atoms with Gasteiger partial charge in [0.05, 0.1) is 13.0 Å². The molecule has 2 aromatic carbocycles. The number of rotatable bonds is 9. The molecule has 0 radical (unpaired) electrons. The van der Waals surface area contributed by atoms with Crippen LogP contribution < -0.4 is 10.1 Å². The number of carbonyl (C=O) groups excluding carboxylic acids is 2. The number of benzene rings is 2. The highest BCUT2D eigenvalue weighted by molar-refractivity contribution is 5.94. The number of hydrogen-bond acceptors (Lipinski definition) is 4. The summed E-state index contributed by atoms with van der Waals surface area (Å²) in [4.78, 5) is 23.3. The fraction of sp³-hybridized carbons (Fsp3) is 0.333. The Morgan fingerprint density at radius 3 is 2.00 bits per heavy atom. The van der Waals surface area contributed by atoms with Crippen LogP contribution in [0.1, 0.15) is 34.8 Å². The summed E-state index contributed by atoms with van der Waals surface area (Å²) in [6.07, 6.45) is -3.28. The normalized spacial score (nSPS) is 11.0. The largest absolute Gasteiger partial charge is 0.573 e. The van der Waals surface area contributed by atoms with Gasteiger partial charge in [0, 0.05) is 12.1 Å². The highest BCUT2D eigenvalue weighted by Gasteiger charge is 2.30. The number of ether oxygens (including phenoxy) is 2. The summed E-state index contributed by atoms with van der Waals surface area (Å²) in [5.74, 6) is -0.887. The van der Waals surface area contributed by atoms with Crippen molar-refractivity contribution in [3.63, 3.8) is 0 Å². The van der Waals surface area contributed by atoms with Crippen molar-refractivity contribution in [1.82, 2.24) is 5.32 Å². The van der Waals surface area contributed by atoms with Crippen LogP contribution in [0.15, 0.2) is 48.5 Å². The first kappa shape index (κ1) is 22.3. The van der Waals surface area contributed by atoms with Crippen molar-refractivity contribution in [3.05, 3.63) is 65.2 Å². The third-order valence-electron chi connectivity index (χ3n) is 4.00. The summed E-state index contributed by atoms with van der Waals surface area (Å²) < 4.78 is 45.1. The van der Waals surface area contributed by atoms with Crippen molar-refractivity contribution < 1.29 is 32.2 Å². The molecule has 1 N–H and O–H groups in total. The first-order valence-corrected chi connectivity index (χ1v) is 9.14. The average Bonchev–Trinajstić information content (AvgIpc) is 2.67. The van der Waals surface area contributed by atoms with Gasteiger partial charge in [-0.2, -0.15) is 0 Å². The molecule has 0 saturated heterocycles. The second-order valence-corrected chi connectivity index (χ2v) is 6.20. The van der Waals surface area contributed by atoms with E-state index in [-0.39, 0.29) is 30.6 Å². The third kappa shape index (κ3) is 8.25. The van der Waals surface area contributed by atoms with Gasteiger partial charge in [0.15, 0.2) is 0 Å². The highest BCUT2D eigenvalue weighted by atomic mass is 19.4. The lowest BCUT2D eigenvalue weighted by Gasteiger charge is -2.09. The molecule has 0 heterocycles. The highest BCUT2D eigenvalue weighted by Crippen LogP contribution is 2.23. The Morgan fingerprint density at radius 2 is 1.48 bits per heavy atom. The molecule has 0 aliphatic heterocycles. The van der Waals surface area contributed by atoms with E-state index in [1.807, 2.05) is 12.1 Å². The summed E-state index contributed by atoms with van der Waals surface area (Å²) in [6, 6.07) is 12.8. The number of amides is 1. The van der Waals surface area contributed by atoms with Crippen LogP contribution in [0, 0.1) is 0 Å². The molecule has 0 atom stereocenters. The number of nitrogens with one attached hydrogen (secondary N) is 1. The zero-order chi connectivity index (χ0) is 21.3. The van der Waals surface area contributed by atoms with Gasteiger partial charge in [-0.3, -0.25) is 9.59 Å². The molecule has 1 amide bonds. The summed E-state index contributed by atoms with van der Waals surface area (Å²) in [7, 11) is 0. The van der Waals surface area contributed by atoms with Crippen LogP contribution in [0.3, 0.4) is 0 Å². The van der Waals surface area contributed by atoms with E-state index in [2.05, 4.69) is 10.1 Å². The minimum Gasteiger partial charge on any atom is -0.466 e. The van der Waals surface area contributed by atoms with Crippen molar-refractivity contribution >= 4 is 11.9 Å². The van der Waals surface area contributed by atoms with Crippen molar-refractivity contribution in [2.24, 2.45) is 0 Å². The number of alkyl halides is 3. The van der Waals surface area contributed by atoms with Crippen LogP contribution in [0.4, 0.5) is 13.2 Å². The Labute approximate surface area is 166 Å². The first-order valence-electron chi connectivity index (χ1n) is 9.14. The number of aryl methyl sites for hydroxylation is 2. The fourth-order valence-corrected chi connectivity index (χ4v) is 2.58. The molecule has 0 aliphatic rings. The van der Waals surface area contributed by atoms with E-state index in [0.717, 1.165) is 11.1 Å². The maximum Gasteiger partial charge on any atom is 0.573 e. The van der Waals surface area contributed by atoms with E-state index >= 15 is 0 Å². The van der Waals surface area contributed by atoms with Crippen LogP contribution in [0.25, 0.3) is 0 Å². The predicted molar refractivity (Wildman–Crippen MR) is 101 cm³/mol. The molecular formula is C21H22F3NO4. The fourth-order valence-electron chi connectivity index (χ4n) is 2.58. The predicted octanol–water partition coefficient (Wildman–Crippen LogP) is 4.05. The SMILES string of the molecule is CCOC(=O)CCNC(=O)c1ccc(CCc2ccc(OC(F)(F)F)cc2)cc1. The molecule has 0 bridgehead atoms. The van der Waals surface area contributed by atoms with Gasteiger partial charge in [-0.25, -0.2) is 0 Å². The smallest absolute Gasteiger partial charge is 0.466 e. The summed E-state index contributed by atoms with van der Waals surface area (Å²) in [5, 5.41) is 2.66. The van der Waals surface area contributed by atoms with Crippen molar-refractivity contribution in [2.45, 2.75) is 32.5 Å². The average molecular weight is 409 g/mol. The van der Waals surface area contributed by atoms with Gasteiger partial charge in [-0.15, -0.1) is 13.2 Å². The first-order chi connectivity index (χ1) is 13.8. The van der Waals surface area contributed by atoms with Crippen LogP contribution in [0.2, 0.25) is 0 Å². The molecule has 8 heteroatoms. The second-order valence-electron chi connectivity index (χ2n) is 6.20. The quantitative estimate of drug-likeness (QED) is 0.635. The van der Waals surface area contributed by atoms with Crippen molar-refractivity contribution in [3.8, 4) is 5.75 Å². The molecule has 29 heavy (non-hydrogen) atoms. The van der Waals surface area contributed by atoms with E-state index < -0.39 is 6.36 Å². The van der Waals surface area contributed by atoms with Gasteiger partial charge in [-0.1, -0.05) is 24.3 Å². The Balaban J connectivity index is 1.80. The molecule has 2 rings (SSSR count). The van der Waals surface area contributed by atoms with Gasteiger partial charge in [-0.05, 0) is 55.2 Å². The molecule has 0 aliphatic carbocycles. The minimum atomic E-state index is -4.70. The van der Waals surface area contributed by atoms with E-state index in [4.69, 9.17) is 4.74 Å². The monoisotopic (exact) mass is 409 g/mol. The molecule has 156 valence electrons. The molecule has 0 fully saturated rings. The van der Waals surface area contributed by atoms with Crippen LogP contribution >= 0.6 is 0 Å². The number of carbonyl (C=O) groups is 2. The zero-order valence-electron chi connectivity index (χ0n) is 15.9. The number of hydrogen-bond donors (Lipinski definition) is 1. The van der Waals surface area contributed by atoms with Gasteiger partial charge < -0.3 is 14.8 Å². The zero-order valence-corrected chi connectivity index (χ0v) is 15.9. The lowest BCUT2D eigenvalue weighted by molar-refractivity contribution is -0.274. The molecule has 0 spiro atoms. The topological polar surface area (TPSA) is 64.6 Å². The van der Waals surface area contributed by atoms with Gasteiger partial charge in [0.1, 0.15) is 5.75 Å². The lowest BCUT2D eigenvalue weighted by atomic mass is 10.0. The summed E-state index contributed by atoms with van der Waals surface area (Å²) in [5.41, 5.74) is 2.34. The van der Waals surface area contributed by atoms with E-state index in [1.54, 1.807) is 31.2 Å². The standard InChI is InChI=1S/C21H22F3NO4/c1-2-28-19(26)13-14-25-20(27)17-9-5-15(6-10-17)3-4-16-7-11-18(12-8-16)29-21(22,23)24/h5-12H,2-4,13-14H2,1H3,(H,25,27). The Morgan fingerprint density at radius 1 is 0.931 bits per heavy atom. The minimum absolute atomic E-state index is 0.116.